The van der Waals surface area contributed by atoms with Crippen molar-refractivity contribution in [2.45, 2.75) is 38.5 Å². The first kappa shape index (κ1) is 25.0. The largest absolute Gasteiger partial charge is 0.495 e. The number of aryl methyl sites for hydroxylation is 2. The maximum atomic E-state index is 12.7. The Kier molecular flexibility index (Phi) is 8.48. The highest BCUT2D eigenvalue weighted by molar-refractivity contribution is 7.99. The average Bonchev–Trinajstić information content (AvgIpc) is 3.21. The first-order chi connectivity index (χ1) is 16.3. The van der Waals surface area contributed by atoms with E-state index in [1.165, 1.54) is 11.8 Å². The molecule has 0 aliphatic rings. The maximum Gasteiger partial charge on any atom is 0.251 e. The first-order valence-corrected chi connectivity index (χ1v) is 11.8. The predicted octanol–water partition coefficient (Wildman–Crippen LogP) is 4.31. The van der Waals surface area contributed by atoms with Crippen molar-refractivity contribution in [2.75, 3.05) is 18.2 Å². The summed E-state index contributed by atoms with van der Waals surface area (Å²) in [5.41, 5.74) is 3.23. The second-order valence-corrected chi connectivity index (χ2v) is 8.79. The highest BCUT2D eigenvalue weighted by Crippen LogP contribution is 2.26. The minimum atomic E-state index is -0.389. The van der Waals surface area contributed by atoms with Crippen LogP contribution in [0.4, 0.5) is 5.69 Å². The van der Waals surface area contributed by atoms with Crippen LogP contribution in [0.5, 0.6) is 5.75 Å². The van der Waals surface area contributed by atoms with Crippen molar-refractivity contribution in [3.05, 3.63) is 77.6 Å². The topological polar surface area (TPSA) is 98.1 Å². The number of methoxy groups -OCH3 is 1. The van der Waals surface area contributed by atoms with Gasteiger partial charge in [-0.05, 0) is 50.6 Å². The van der Waals surface area contributed by atoms with Gasteiger partial charge in [0.2, 0.25) is 5.91 Å². The molecule has 9 heteroatoms. The standard InChI is InChI=1S/C25H29N5O3S/c1-6-12-30-23(18(4)26-24(32)19-9-7-8-16(2)13-19)28-29-25(30)34-15-22(31)27-20-14-17(3)10-11-21(20)33-5/h6-11,13-14,18H,1,12,15H2,2-5H3,(H,26,32)(H,27,31)/t18-/m0/s1. The summed E-state index contributed by atoms with van der Waals surface area (Å²) < 4.78 is 7.17. The van der Waals surface area contributed by atoms with Gasteiger partial charge in [-0.3, -0.25) is 9.59 Å². The van der Waals surface area contributed by atoms with Crippen LogP contribution in [-0.2, 0) is 11.3 Å². The summed E-state index contributed by atoms with van der Waals surface area (Å²) in [7, 11) is 1.56. The summed E-state index contributed by atoms with van der Waals surface area (Å²) in [6, 6.07) is 12.6. The van der Waals surface area contributed by atoms with Crippen molar-refractivity contribution in [1.29, 1.82) is 0 Å². The van der Waals surface area contributed by atoms with Gasteiger partial charge in [-0.25, -0.2) is 0 Å². The van der Waals surface area contributed by atoms with Crippen molar-refractivity contribution < 1.29 is 14.3 Å². The van der Waals surface area contributed by atoms with E-state index in [-0.39, 0.29) is 23.6 Å². The summed E-state index contributed by atoms with van der Waals surface area (Å²) >= 11 is 1.26. The van der Waals surface area contributed by atoms with E-state index >= 15 is 0 Å². The molecule has 2 amide bonds. The third-order valence-corrected chi connectivity index (χ3v) is 6.00. The Bertz CT molecular complexity index is 1190. The molecule has 1 aromatic heterocycles. The summed E-state index contributed by atoms with van der Waals surface area (Å²) in [6.07, 6.45) is 1.73. The predicted molar refractivity (Wildman–Crippen MR) is 134 cm³/mol. The smallest absolute Gasteiger partial charge is 0.251 e. The minimum Gasteiger partial charge on any atom is -0.495 e. The molecular weight excluding hydrogens is 450 g/mol. The van der Waals surface area contributed by atoms with E-state index in [2.05, 4.69) is 27.4 Å². The van der Waals surface area contributed by atoms with Gasteiger partial charge in [0, 0.05) is 12.1 Å². The lowest BCUT2D eigenvalue weighted by Crippen LogP contribution is -2.29. The van der Waals surface area contributed by atoms with Gasteiger partial charge in [0.25, 0.3) is 5.91 Å². The molecule has 0 aliphatic carbocycles. The Morgan fingerprint density at radius 1 is 1.18 bits per heavy atom. The van der Waals surface area contributed by atoms with Crippen LogP contribution in [0.1, 0.15) is 40.3 Å². The SMILES string of the molecule is C=CCn1c(SCC(=O)Nc2cc(C)ccc2OC)nnc1[C@H](C)NC(=O)c1cccc(C)c1. The molecule has 1 heterocycles. The van der Waals surface area contributed by atoms with Gasteiger partial charge < -0.3 is 19.9 Å². The molecule has 0 aliphatic heterocycles. The Hall–Kier alpha value is -3.59. The first-order valence-electron chi connectivity index (χ1n) is 10.8. The van der Waals surface area contributed by atoms with Crippen molar-refractivity contribution in [2.24, 2.45) is 0 Å². The number of benzene rings is 2. The number of hydrogen-bond acceptors (Lipinski definition) is 6. The second kappa shape index (κ2) is 11.5. The third-order valence-electron chi connectivity index (χ3n) is 5.03. The number of amides is 2. The van der Waals surface area contributed by atoms with Crippen molar-refractivity contribution in [3.8, 4) is 5.75 Å². The molecule has 1 atom stereocenters. The van der Waals surface area contributed by atoms with Gasteiger partial charge in [0.15, 0.2) is 11.0 Å². The van der Waals surface area contributed by atoms with Crippen molar-refractivity contribution in [1.82, 2.24) is 20.1 Å². The molecule has 3 aromatic rings. The molecule has 0 bridgehead atoms. The zero-order valence-corrected chi connectivity index (χ0v) is 20.6. The quantitative estimate of drug-likeness (QED) is 0.332. The number of hydrogen-bond donors (Lipinski definition) is 2. The van der Waals surface area contributed by atoms with Crippen LogP contribution in [0.3, 0.4) is 0 Å². The highest BCUT2D eigenvalue weighted by atomic mass is 32.2. The number of thioether (sulfide) groups is 1. The van der Waals surface area contributed by atoms with E-state index in [1.807, 2.05) is 61.7 Å². The zero-order chi connectivity index (χ0) is 24.7. The lowest BCUT2D eigenvalue weighted by Gasteiger charge is -2.15. The number of allylic oxidation sites excluding steroid dienone is 1. The fourth-order valence-electron chi connectivity index (χ4n) is 3.39. The molecule has 0 unspecified atom stereocenters. The monoisotopic (exact) mass is 479 g/mol. The number of aromatic nitrogens is 3. The van der Waals surface area contributed by atoms with Gasteiger partial charge in [0.1, 0.15) is 5.75 Å². The summed E-state index contributed by atoms with van der Waals surface area (Å²) in [5.74, 6) is 0.939. The van der Waals surface area contributed by atoms with Crippen molar-refractivity contribution in [3.63, 3.8) is 0 Å². The van der Waals surface area contributed by atoms with Gasteiger partial charge in [-0.15, -0.1) is 16.8 Å². The molecule has 0 saturated carbocycles. The normalized spacial score (nSPS) is 11.5. The molecule has 8 nitrogen and oxygen atoms in total. The number of anilines is 1. The minimum absolute atomic E-state index is 0.135. The van der Waals surface area contributed by atoms with Gasteiger partial charge in [0.05, 0.1) is 24.6 Å². The highest BCUT2D eigenvalue weighted by Gasteiger charge is 2.21. The molecule has 2 N–H and O–H groups in total. The molecule has 34 heavy (non-hydrogen) atoms. The Balaban J connectivity index is 1.68. The molecule has 178 valence electrons. The fourth-order valence-corrected chi connectivity index (χ4v) is 4.15. The Morgan fingerprint density at radius 2 is 1.94 bits per heavy atom. The number of ether oxygens (including phenoxy) is 1. The van der Waals surface area contributed by atoms with E-state index in [1.54, 1.807) is 19.3 Å². The molecule has 0 fully saturated rings. The number of carbonyl (C=O) groups is 2. The molecular formula is C25H29N5O3S. The van der Waals surface area contributed by atoms with Crippen LogP contribution in [-0.4, -0.2) is 39.4 Å². The molecule has 0 spiro atoms. The number of carbonyl (C=O) groups excluding carboxylic acids is 2. The molecule has 0 saturated heterocycles. The van der Waals surface area contributed by atoms with Crippen molar-refractivity contribution >= 4 is 29.3 Å². The van der Waals surface area contributed by atoms with Crippen LogP contribution in [0.2, 0.25) is 0 Å². The number of rotatable bonds is 10. The summed E-state index contributed by atoms with van der Waals surface area (Å²) in [4.78, 5) is 25.2. The van der Waals surface area contributed by atoms with Crippen LogP contribution in [0.25, 0.3) is 0 Å². The number of nitrogens with one attached hydrogen (secondary N) is 2. The molecule has 2 aromatic carbocycles. The zero-order valence-electron chi connectivity index (χ0n) is 19.8. The van der Waals surface area contributed by atoms with Gasteiger partial charge in [-0.2, -0.15) is 0 Å². The van der Waals surface area contributed by atoms with Crippen LogP contribution in [0.15, 0.2) is 60.3 Å². The van der Waals surface area contributed by atoms with Gasteiger partial charge in [-0.1, -0.05) is 41.6 Å². The van der Waals surface area contributed by atoms with E-state index in [4.69, 9.17) is 4.74 Å². The van der Waals surface area contributed by atoms with E-state index in [0.717, 1.165) is 11.1 Å². The summed E-state index contributed by atoms with van der Waals surface area (Å²) in [5, 5.41) is 14.9. The van der Waals surface area contributed by atoms with Crippen LogP contribution >= 0.6 is 11.8 Å². The molecule has 0 radical (unpaired) electrons. The fraction of sp³-hybridized carbons (Fsp3) is 0.280. The lowest BCUT2D eigenvalue weighted by molar-refractivity contribution is -0.113. The average molecular weight is 480 g/mol. The van der Waals surface area contributed by atoms with Gasteiger partial charge >= 0.3 is 0 Å². The Morgan fingerprint density at radius 3 is 2.65 bits per heavy atom. The van der Waals surface area contributed by atoms with Crippen LogP contribution < -0.4 is 15.4 Å². The van der Waals surface area contributed by atoms with Crippen LogP contribution in [0, 0.1) is 13.8 Å². The summed E-state index contributed by atoms with van der Waals surface area (Å²) in [6.45, 7) is 9.99. The van der Waals surface area contributed by atoms with E-state index in [0.29, 0.717) is 34.5 Å². The third kappa shape index (κ3) is 6.26. The van der Waals surface area contributed by atoms with E-state index in [9.17, 15) is 9.59 Å². The Labute approximate surface area is 203 Å². The van der Waals surface area contributed by atoms with E-state index < -0.39 is 0 Å². The molecule has 3 rings (SSSR count). The number of nitrogens with zero attached hydrogens (tertiary/aromatic N) is 3. The lowest BCUT2D eigenvalue weighted by atomic mass is 10.1. The second-order valence-electron chi connectivity index (χ2n) is 7.85. The maximum absolute atomic E-state index is 12.7.